The number of hydrogen-bond acceptors (Lipinski definition) is 4. The predicted molar refractivity (Wildman–Crippen MR) is 133 cm³/mol. The van der Waals surface area contributed by atoms with E-state index in [0.29, 0.717) is 27.2 Å². The van der Waals surface area contributed by atoms with Crippen molar-refractivity contribution >= 4 is 69.7 Å². The van der Waals surface area contributed by atoms with E-state index in [0.717, 1.165) is 21.8 Å². The molecule has 32 heavy (non-hydrogen) atoms. The number of fused-ring (bicyclic) bond motifs is 1. The van der Waals surface area contributed by atoms with Gasteiger partial charge in [0.05, 0.1) is 39.6 Å². The second-order valence-electron chi connectivity index (χ2n) is 6.81. The molecule has 0 saturated heterocycles. The van der Waals surface area contributed by atoms with Crippen LogP contribution < -0.4 is 5.43 Å². The first-order chi connectivity index (χ1) is 15.5. The van der Waals surface area contributed by atoms with Gasteiger partial charge < -0.3 is 4.57 Å². The molecule has 0 bridgehead atoms. The molecular formula is C23H17Cl3N4OS. The number of hydrazone groups is 1. The molecule has 0 radical (unpaired) electrons. The molecule has 1 heterocycles. The monoisotopic (exact) mass is 502 g/mol. The van der Waals surface area contributed by atoms with Gasteiger partial charge in [-0.1, -0.05) is 76.9 Å². The fourth-order valence-corrected chi connectivity index (χ4v) is 4.48. The van der Waals surface area contributed by atoms with Crippen molar-refractivity contribution in [3.63, 3.8) is 0 Å². The average molecular weight is 504 g/mol. The maximum absolute atomic E-state index is 12.3. The smallest absolute Gasteiger partial charge is 0.250 e. The molecule has 1 aromatic heterocycles. The van der Waals surface area contributed by atoms with Gasteiger partial charge in [-0.3, -0.25) is 4.79 Å². The molecule has 3 aromatic carbocycles. The lowest BCUT2D eigenvalue weighted by molar-refractivity contribution is -0.118. The van der Waals surface area contributed by atoms with E-state index in [4.69, 9.17) is 39.8 Å². The largest absolute Gasteiger partial charge is 0.314 e. The predicted octanol–water partition coefficient (Wildman–Crippen LogP) is 6.29. The summed E-state index contributed by atoms with van der Waals surface area (Å²) in [5.41, 5.74) is 6.01. The molecule has 9 heteroatoms. The van der Waals surface area contributed by atoms with Gasteiger partial charge >= 0.3 is 0 Å². The van der Waals surface area contributed by atoms with Crippen molar-refractivity contribution in [1.29, 1.82) is 0 Å². The van der Waals surface area contributed by atoms with Crippen LogP contribution >= 0.6 is 46.6 Å². The lowest BCUT2D eigenvalue weighted by Gasteiger charge is -2.09. The highest BCUT2D eigenvalue weighted by molar-refractivity contribution is 7.99. The Balaban J connectivity index is 1.46. The third-order valence-corrected chi connectivity index (χ3v) is 6.48. The number of para-hydroxylation sites is 2. The minimum atomic E-state index is -0.264. The van der Waals surface area contributed by atoms with Crippen LogP contribution in [0, 0.1) is 0 Å². The third-order valence-electron chi connectivity index (χ3n) is 4.59. The second-order valence-corrected chi connectivity index (χ2v) is 9.01. The summed E-state index contributed by atoms with van der Waals surface area (Å²) in [6.07, 6.45) is 1.43. The Morgan fingerprint density at radius 3 is 2.47 bits per heavy atom. The van der Waals surface area contributed by atoms with Crippen molar-refractivity contribution in [2.45, 2.75) is 11.7 Å². The lowest BCUT2D eigenvalue weighted by Crippen LogP contribution is -2.20. The van der Waals surface area contributed by atoms with Crippen LogP contribution in [-0.4, -0.2) is 27.4 Å². The number of nitrogens with zero attached hydrogens (tertiary/aromatic N) is 3. The van der Waals surface area contributed by atoms with Crippen LogP contribution in [-0.2, 0) is 11.3 Å². The summed E-state index contributed by atoms with van der Waals surface area (Å²) >= 11 is 19.6. The lowest BCUT2D eigenvalue weighted by atomic mass is 10.2. The van der Waals surface area contributed by atoms with Crippen molar-refractivity contribution in [3.05, 3.63) is 92.9 Å². The van der Waals surface area contributed by atoms with E-state index in [1.54, 1.807) is 18.2 Å². The van der Waals surface area contributed by atoms with Crippen LogP contribution in [0.25, 0.3) is 11.0 Å². The van der Waals surface area contributed by atoms with E-state index in [2.05, 4.69) is 15.1 Å². The molecule has 0 aliphatic rings. The van der Waals surface area contributed by atoms with Gasteiger partial charge in [0.2, 0.25) is 0 Å². The summed E-state index contributed by atoms with van der Waals surface area (Å²) in [6.45, 7) is 0.616. The van der Waals surface area contributed by atoms with Crippen LogP contribution in [0.2, 0.25) is 15.1 Å². The summed E-state index contributed by atoms with van der Waals surface area (Å²) in [5.74, 6) is -0.114. The molecule has 1 amide bonds. The SMILES string of the molecule is O=C(CSc1nc2ccccc2n1Cc1ccc(Cl)cc1)NN=Cc1c(Cl)cccc1Cl. The summed E-state index contributed by atoms with van der Waals surface area (Å²) in [5, 5.41) is 6.32. The topological polar surface area (TPSA) is 59.3 Å². The normalized spacial score (nSPS) is 11.3. The van der Waals surface area contributed by atoms with Crippen molar-refractivity contribution in [2.75, 3.05) is 5.75 Å². The van der Waals surface area contributed by atoms with E-state index in [9.17, 15) is 4.79 Å². The number of nitrogens with one attached hydrogen (secondary N) is 1. The van der Waals surface area contributed by atoms with Crippen LogP contribution in [0.15, 0.2) is 77.0 Å². The van der Waals surface area contributed by atoms with Gasteiger partial charge in [-0.2, -0.15) is 5.10 Å². The van der Waals surface area contributed by atoms with Gasteiger partial charge in [0.15, 0.2) is 5.16 Å². The number of imidazole rings is 1. The first-order valence-corrected chi connectivity index (χ1v) is 11.7. The summed E-state index contributed by atoms with van der Waals surface area (Å²) in [4.78, 5) is 17.0. The number of benzene rings is 3. The number of hydrogen-bond donors (Lipinski definition) is 1. The van der Waals surface area contributed by atoms with E-state index >= 15 is 0 Å². The van der Waals surface area contributed by atoms with Gasteiger partial charge in [-0.25, -0.2) is 10.4 Å². The highest BCUT2D eigenvalue weighted by Crippen LogP contribution is 2.26. The molecule has 0 saturated carbocycles. The standard InChI is InChI=1S/C23H17Cl3N4OS/c24-16-10-8-15(9-11-16)13-30-21-7-2-1-6-20(21)28-23(30)32-14-22(31)29-27-12-17-18(25)4-3-5-19(17)26/h1-12H,13-14H2,(H,29,31). The molecular weight excluding hydrogens is 487 g/mol. The minimum Gasteiger partial charge on any atom is -0.314 e. The maximum atomic E-state index is 12.3. The highest BCUT2D eigenvalue weighted by Gasteiger charge is 2.13. The summed E-state index contributed by atoms with van der Waals surface area (Å²) < 4.78 is 2.09. The molecule has 0 aliphatic carbocycles. The van der Waals surface area contributed by atoms with Crippen molar-refractivity contribution in [3.8, 4) is 0 Å². The molecule has 4 aromatic rings. The fourth-order valence-electron chi connectivity index (χ4n) is 3.05. The Morgan fingerprint density at radius 1 is 1.00 bits per heavy atom. The van der Waals surface area contributed by atoms with Gasteiger partial charge in [0.25, 0.3) is 5.91 Å². The van der Waals surface area contributed by atoms with Crippen LogP contribution in [0.1, 0.15) is 11.1 Å². The molecule has 0 unspecified atom stereocenters. The van der Waals surface area contributed by atoms with Crippen molar-refractivity contribution in [2.24, 2.45) is 5.10 Å². The fraction of sp³-hybridized carbons (Fsp3) is 0.0870. The van der Waals surface area contributed by atoms with E-state index in [-0.39, 0.29) is 11.7 Å². The van der Waals surface area contributed by atoms with Gasteiger partial charge in [-0.15, -0.1) is 0 Å². The number of carbonyl (C=O) groups excluding carboxylic acids is 1. The van der Waals surface area contributed by atoms with E-state index in [1.165, 1.54) is 18.0 Å². The Labute approximate surface area is 204 Å². The first kappa shape index (κ1) is 22.7. The number of amides is 1. The number of halogens is 3. The Hall–Kier alpha value is -2.51. The quantitative estimate of drug-likeness (QED) is 0.183. The highest BCUT2D eigenvalue weighted by atomic mass is 35.5. The molecule has 0 fully saturated rings. The van der Waals surface area contributed by atoms with Crippen LogP contribution in [0.3, 0.4) is 0 Å². The number of rotatable bonds is 7. The third kappa shape index (κ3) is 5.45. The molecule has 0 spiro atoms. The van der Waals surface area contributed by atoms with Gasteiger partial charge in [0, 0.05) is 10.6 Å². The zero-order valence-electron chi connectivity index (χ0n) is 16.6. The zero-order valence-corrected chi connectivity index (χ0v) is 19.7. The van der Waals surface area contributed by atoms with E-state index in [1.807, 2.05) is 48.5 Å². The van der Waals surface area contributed by atoms with Gasteiger partial charge in [-0.05, 0) is 42.0 Å². The molecule has 0 aliphatic heterocycles. The minimum absolute atomic E-state index is 0.150. The summed E-state index contributed by atoms with van der Waals surface area (Å²) in [6, 6.07) is 20.7. The van der Waals surface area contributed by atoms with E-state index < -0.39 is 0 Å². The Kier molecular flexibility index (Phi) is 7.37. The first-order valence-electron chi connectivity index (χ1n) is 9.59. The molecule has 162 valence electrons. The second kappa shape index (κ2) is 10.4. The Bertz CT molecular complexity index is 1270. The summed E-state index contributed by atoms with van der Waals surface area (Å²) in [7, 11) is 0. The van der Waals surface area contributed by atoms with Crippen LogP contribution in [0.5, 0.6) is 0 Å². The Morgan fingerprint density at radius 2 is 1.72 bits per heavy atom. The molecule has 5 nitrogen and oxygen atoms in total. The number of carbonyl (C=O) groups is 1. The van der Waals surface area contributed by atoms with Crippen LogP contribution in [0.4, 0.5) is 0 Å². The van der Waals surface area contributed by atoms with Gasteiger partial charge in [0.1, 0.15) is 0 Å². The average Bonchev–Trinajstić information content (AvgIpc) is 3.13. The molecule has 4 rings (SSSR count). The zero-order chi connectivity index (χ0) is 22.5. The molecule has 0 atom stereocenters. The van der Waals surface area contributed by atoms with Crippen molar-refractivity contribution in [1.82, 2.24) is 15.0 Å². The maximum Gasteiger partial charge on any atom is 0.250 e. The number of thioether (sulfide) groups is 1. The molecule has 1 N–H and O–H groups in total. The number of aromatic nitrogens is 2. The van der Waals surface area contributed by atoms with Crippen molar-refractivity contribution < 1.29 is 4.79 Å².